The van der Waals surface area contributed by atoms with E-state index in [-0.39, 0.29) is 11.3 Å². The van der Waals surface area contributed by atoms with E-state index < -0.39 is 18.6 Å². The van der Waals surface area contributed by atoms with E-state index in [0.717, 1.165) is 0 Å². The highest BCUT2D eigenvalue weighted by Crippen LogP contribution is 2.37. The molecule has 0 radical (unpaired) electrons. The SMILES string of the molecule is Cc1cc(Br)cc([C@H](N)C(F)(F)CO)c1O. The number of phenolic OH excluding ortho intramolecular Hbond substituents is 1. The molecule has 6 heteroatoms. The van der Waals surface area contributed by atoms with Crippen LogP contribution in [0.2, 0.25) is 0 Å². The van der Waals surface area contributed by atoms with Gasteiger partial charge in [0.1, 0.15) is 18.4 Å². The molecule has 0 bridgehead atoms. The second kappa shape index (κ2) is 4.65. The highest BCUT2D eigenvalue weighted by atomic mass is 79.9. The maximum Gasteiger partial charge on any atom is 0.289 e. The molecule has 0 saturated carbocycles. The predicted octanol–water partition coefficient (Wildman–Crippen LogP) is 2.09. The fraction of sp³-hybridized carbons (Fsp3) is 0.400. The van der Waals surface area contributed by atoms with Crippen LogP contribution in [0.5, 0.6) is 5.75 Å². The van der Waals surface area contributed by atoms with Crippen molar-refractivity contribution >= 4 is 15.9 Å². The minimum atomic E-state index is -3.47. The van der Waals surface area contributed by atoms with Crippen molar-refractivity contribution in [2.24, 2.45) is 5.73 Å². The van der Waals surface area contributed by atoms with E-state index in [2.05, 4.69) is 15.9 Å². The van der Waals surface area contributed by atoms with Crippen molar-refractivity contribution in [3.8, 4) is 5.75 Å². The van der Waals surface area contributed by atoms with Crippen molar-refractivity contribution in [2.75, 3.05) is 6.61 Å². The number of aliphatic hydroxyl groups is 1. The van der Waals surface area contributed by atoms with Gasteiger partial charge in [-0.2, -0.15) is 0 Å². The summed E-state index contributed by atoms with van der Waals surface area (Å²) in [5.74, 6) is -3.74. The number of aryl methyl sites for hydroxylation is 1. The first kappa shape index (κ1) is 13.3. The Morgan fingerprint density at radius 3 is 2.56 bits per heavy atom. The molecule has 16 heavy (non-hydrogen) atoms. The van der Waals surface area contributed by atoms with Gasteiger partial charge in [0.2, 0.25) is 0 Å². The molecule has 0 heterocycles. The molecule has 1 atom stereocenters. The van der Waals surface area contributed by atoms with Crippen LogP contribution in [0.1, 0.15) is 17.2 Å². The van der Waals surface area contributed by atoms with Gasteiger partial charge in [0.15, 0.2) is 0 Å². The standard InChI is InChI=1S/C10H12BrF2NO2/c1-5-2-6(11)3-7(8(5)16)9(14)10(12,13)4-15/h2-3,9,15-16H,4,14H2,1H3/t9-/m0/s1. The van der Waals surface area contributed by atoms with E-state index >= 15 is 0 Å². The van der Waals surface area contributed by atoms with Gasteiger partial charge < -0.3 is 15.9 Å². The van der Waals surface area contributed by atoms with Crippen LogP contribution in [0.3, 0.4) is 0 Å². The summed E-state index contributed by atoms with van der Waals surface area (Å²) in [7, 11) is 0. The van der Waals surface area contributed by atoms with Crippen LogP contribution in [0, 0.1) is 6.92 Å². The van der Waals surface area contributed by atoms with E-state index in [4.69, 9.17) is 10.8 Å². The second-order valence-corrected chi connectivity index (χ2v) is 4.47. The number of phenols is 1. The normalized spacial score (nSPS) is 13.9. The Balaban J connectivity index is 3.23. The van der Waals surface area contributed by atoms with Gasteiger partial charge in [-0.25, -0.2) is 8.78 Å². The molecule has 0 unspecified atom stereocenters. The molecule has 0 spiro atoms. The highest BCUT2D eigenvalue weighted by Gasteiger charge is 2.39. The summed E-state index contributed by atoms with van der Waals surface area (Å²) in [5.41, 5.74) is 5.68. The largest absolute Gasteiger partial charge is 0.507 e. The zero-order chi connectivity index (χ0) is 12.5. The van der Waals surface area contributed by atoms with Gasteiger partial charge >= 0.3 is 0 Å². The number of alkyl halides is 2. The second-order valence-electron chi connectivity index (χ2n) is 3.56. The summed E-state index contributed by atoms with van der Waals surface area (Å²) < 4.78 is 26.9. The summed E-state index contributed by atoms with van der Waals surface area (Å²) in [4.78, 5) is 0. The monoisotopic (exact) mass is 295 g/mol. The number of hydrogen-bond acceptors (Lipinski definition) is 3. The van der Waals surface area contributed by atoms with Gasteiger partial charge in [-0.15, -0.1) is 0 Å². The number of benzene rings is 1. The number of aliphatic hydroxyl groups excluding tert-OH is 1. The minimum absolute atomic E-state index is 0.0917. The number of rotatable bonds is 3. The molecule has 1 aromatic rings. The molecule has 0 aliphatic rings. The third-order valence-corrected chi connectivity index (χ3v) is 2.75. The zero-order valence-corrected chi connectivity index (χ0v) is 10.1. The van der Waals surface area contributed by atoms with Gasteiger partial charge in [0.05, 0.1) is 0 Å². The lowest BCUT2D eigenvalue weighted by Crippen LogP contribution is -2.36. The highest BCUT2D eigenvalue weighted by molar-refractivity contribution is 9.10. The van der Waals surface area contributed by atoms with E-state index in [1.54, 1.807) is 13.0 Å². The Hall–Kier alpha value is -0.720. The fourth-order valence-corrected chi connectivity index (χ4v) is 1.91. The average molecular weight is 296 g/mol. The smallest absolute Gasteiger partial charge is 0.289 e. The van der Waals surface area contributed by atoms with Gasteiger partial charge in [0.25, 0.3) is 5.92 Å². The van der Waals surface area contributed by atoms with E-state index in [1.165, 1.54) is 6.07 Å². The molecule has 1 rings (SSSR count). The number of aromatic hydroxyl groups is 1. The van der Waals surface area contributed by atoms with Crippen LogP contribution in [0.25, 0.3) is 0 Å². The molecule has 0 aromatic heterocycles. The van der Waals surface area contributed by atoms with Crippen LogP contribution in [0.4, 0.5) is 8.78 Å². The van der Waals surface area contributed by atoms with Crippen molar-refractivity contribution in [1.82, 2.24) is 0 Å². The summed E-state index contributed by atoms with van der Waals surface area (Å²) in [6, 6.07) is 1.16. The van der Waals surface area contributed by atoms with Crippen molar-refractivity contribution in [3.63, 3.8) is 0 Å². The maximum atomic E-state index is 13.2. The molecule has 0 saturated heterocycles. The van der Waals surface area contributed by atoms with Crippen molar-refractivity contribution in [2.45, 2.75) is 18.9 Å². The lowest BCUT2D eigenvalue weighted by Gasteiger charge is -2.23. The molecule has 1 aromatic carbocycles. The first-order valence-electron chi connectivity index (χ1n) is 4.53. The van der Waals surface area contributed by atoms with Crippen molar-refractivity contribution in [1.29, 1.82) is 0 Å². The van der Waals surface area contributed by atoms with Crippen LogP contribution < -0.4 is 5.73 Å². The molecule has 4 N–H and O–H groups in total. The van der Waals surface area contributed by atoms with E-state index in [0.29, 0.717) is 10.0 Å². The van der Waals surface area contributed by atoms with Crippen molar-refractivity contribution in [3.05, 3.63) is 27.7 Å². The first-order valence-corrected chi connectivity index (χ1v) is 5.32. The van der Waals surface area contributed by atoms with Crippen LogP contribution >= 0.6 is 15.9 Å². The molecule has 90 valence electrons. The third kappa shape index (κ3) is 2.50. The van der Waals surface area contributed by atoms with Crippen LogP contribution in [-0.2, 0) is 0 Å². The predicted molar refractivity (Wildman–Crippen MR) is 59.5 cm³/mol. The van der Waals surface area contributed by atoms with Gasteiger partial charge in [-0.3, -0.25) is 0 Å². The minimum Gasteiger partial charge on any atom is -0.507 e. The van der Waals surface area contributed by atoms with Crippen LogP contribution in [-0.4, -0.2) is 22.7 Å². The zero-order valence-electron chi connectivity index (χ0n) is 8.54. The van der Waals surface area contributed by atoms with Gasteiger partial charge in [0, 0.05) is 10.0 Å². The maximum absolute atomic E-state index is 13.2. The lowest BCUT2D eigenvalue weighted by atomic mass is 9.99. The molecule has 0 amide bonds. The Morgan fingerprint density at radius 2 is 2.06 bits per heavy atom. The number of hydrogen-bond donors (Lipinski definition) is 3. The summed E-state index contributed by atoms with van der Waals surface area (Å²) in [5, 5.41) is 18.2. The average Bonchev–Trinajstić information content (AvgIpc) is 2.22. The van der Waals surface area contributed by atoms with Crippen molar-refractivity contribution < 1.29 is 19.0 Å². The van der Waals surface area contributed by atoms with Gasteiger partial charge in [-0.05, 0) is 24.6 Å². The fourth-order valence-electron chi connectivity index (χ4n) is 1.32. The van der Waals surface area contributed by atoms with Gasteiger partial charge in [-0.1, -0.05) is 15.9 Å². The molecule has 0 fully saturated rings. The number of halogens is 3. The number of nitrogens with two attached hydrogens (primary N) is 1. The lowest BCUT2D eigenvalue weighted by molar-refractivity contribution is -0.0716. The molecular formula is C10H12BrF2NO2. The molecule has 3 nitrogen and oxygen atoms in total. The summed E-state index contributed by atoms with van der Waals surface area (Å²) in [6.07, 6.45) is 0. The molecule has 0 aliphatic heterocycles. The van der Waals surface area contributed by atoms with E-state index in [9.17, 15) is 13.9 Å². The van der Waals surface area contributed by atoms with E-state index in [1.807, 2.05) is 0 Å². The summed E-state index contributed by atoms with van der Waals surface area (Å²) >= 11 is 3.13. The molecule has 0 aliphatic carbocycles. The Bertz CT molecular complexity index is 399. The third-order valence-electron chi connectivity index (χ3n) is 2.30. The Labute approximate surface area is 100 Å². The summed E-state index contributed by atoms with van der Waals surface area (Å²) in [6.45, 7) is 0.215. The quantitative estimate of drug-likeness (QED) is 0.800. The van der Waals surface area contributed by atoms with Crippen LogP contribution in [0.15, 0.2) is 16.6 Å². The topological polar surface area (TPSA) is 66.5 Å². The Kier molecular flexibility index (Phi) is 3.88. The molecular weight excluding hydrogens is 284 g/mol. The Morgan fingerprint density at radius 1 is 1.50 bits per heavy atom. The first-order chi connectivity index (χ1) is 7.29.